The Morgan fingerprint density at radius 3 is 2.93 bits per heavy atom. The quantitative estimate of drug-likeness (QED) is 0.541. The van der Waals surface area contributed by atoms with Crippen molar-refractivity contribution < 1.29 is 18.7 Å². The van der Waals surface area contributed by atoms with Crippen LogP contribution in [0.15, 0.2) is 10.5 Å². The lowest BCUT2D eigenvalue weighted by atomic mass is 10.2. The van der Waals surface area contributed by atoms with Crippen molar-refractivity contribution in [3.63, 3.8) is 0 Å². The van der Waals surface area contributed by atoms with E-state index in [1.165, 1.54) is 7.11 Å². The molecule has 4 nitrogen and oxygen atoms in total. The molecule has 0 atom stereocenters. The minimum atomic E-state index is -0.413. The highest BCUT2D eigenvalue weighted by Crippen LogP contribution is 2.16. The zero-order chi connectivity index (χ0) is 10.6. The number of rotatable bonds is 4. The minimum Gasteiger partial charge on any atom is -0.465 e. The Morgan fingerprint density at radius 1 is 1.64 bits per heavy atom. The fourth-order valence-corrected chi connectivity index (χ4v) is 1.18. The molecule has 1 aromatic heterocycles. The van der Waals surface area contributed by atoms with Crippen LogP contribution >= 0.6 is 0 Å². The number of hydrogen-bond donors (Lipinski definition) is 0. The molecule has 0 unspecified atom stereocenters. The Labute approximate surface area is 81.9 Å². The third-order valence-electron chi connectivity index (χ3n) is 1.88. The van der Waals surface area contributed by atoms with E-state index >= 15 is 0 Å². The summed E-state index contributed by atoms with van der Waals surface area (Å²) in [7, 11) is 1.32. The summed E-state index contributed by atoms with van der Waals surface area (Å²) < 4.78 is 9.85. The number of hydrogen-bond acceptors (Lipinski definition) is 4. The van der Waals surface area contributed by atoms with Crippen LogP contribution in [0.3, 0.4) is 0 Å². The molecule has 0 bridgehead atoms. The normalized spacial score (nSPS) is 9.86. The molecule has 76 valence electrons. The third kappa shape index (κ3) is 2.22. The molecule has 0 spiro atoms. The van der Waals surface area contributed by atoms with Gasteiger partial charge in [0.05, 0.1) is 7.11 Å². The summed E-state index contributed by atoms with van der Waals surface area (Å²) in [6, 6.07) is 1.62. The van der Waals surface area contributed by atoms with Crippen LogP contribution in [-0.4, -0.2) is 19.4 Å². The van der Waals surface area contributed by atoms with Crippen LogP contribution in [0.25, 0.3) is 0 Å². The van der Waals surface area contributed by atoms with Crippen molar-refractivity contribution in [2.75, 3.05) is 7.11 Å². The number of aryl methyl sites for hydroxylation is 2. The lowest BCUT2D eigenvalue weighted by molar-refractivity contribution is -0.107. The summed E-state index contributed by atoms with van der Waals surface area (Å²) in [6.45, 7) is 1.69. The molecule has 0 aliphatic carbocycles. The lowest BCUT2D eigenvalue weighted by Crippen LogP contribution is -2.00. The first-order valence-electron chi connectivity index (χ1n) is 4.30. The maximum Gasteiger partial charge on any atom is 0.341 e. The van der Waals surface area contributed by atoms with Crippen molar-refractivity contribution in [2.45, 2.75) is 19.8 Å². The van der Waals surface area contributed by atoms with Gasteiger partial charge in [0.2, 0.25) is 0 Å². The first-order chi connectivity index (χ1) is 6.69. The van der Waals surface area contributed by atoms with Gasteiger partial charge in [-0.2, -0.15) is 0 Å². The number of ether oxygens (including phenoxy) is 1. The third-order valence-corrected chi connectivity index (χ3v) is 1.88. The average molecular weight is 196 g/mol. The standard InChI is InChI=1S/C10H12O4/c1-7-9(10(12)13-2)6-8(14-7)4-3-5-11/h5-6H,3-4H2,1-2H3. The highest BCUT2D eigenvalue weighted by molar-refractivity contribution is 5.90. The van der Waals surface area contributed by atoms with Crippen molar-refractivity contribution in [1.29, 1.82) is 0 Å². The fourth-order valence-electron chi connectivity index (χ4n) is 1.18. The van der Waals surface area contributed by atoms with Crippen LogP contribution in [0.4, 0.5) is 0 Å². The number of carbonyl (C=O) groups excluding carboxylic acids is 2. The monoisotopic (exact) mass is 196 g/mol. The molecule has 0 fully saturated rings. The van der Waals surface area contributed by atoms with Gasteiger partial charge >= 0.3 is 5.97 Å². The Hall–Kier alpha value is -1.58. The van der Waals surface area contributed by atoms with E-state index in [9.17, 15) is 9.59 Å². The van der Waals surface area contributed by atoms with Gasteiger partial charge in [0, 0.05) is 12.8 Å². The van der Waals surface area contributed by atoms with Crippen molar-refractivity contribution in [2.24, 2.45) is 0 Å². The van der Waals surface area contributed by atoms with Gasteiger partial charge in [-0.15, -0.1) is 0 Å². The molecule has 0 radical (unpaired) electrons. The Morgan fingerprint density at radius 2 is 2.36 bits per heavy atom. The SMILES string of the molecule is COC(=O)c1cc(CCC=O)oc1C. The van der Waals surface area contributed by atoms with E-state index < -0.39 is 5.97 Å². The van der Waals surface area contributed by atoms with E-state index in [1.54, 1.807) is 13.0 Å². The number of aldehydes is 1. The van der Waals surface area contributed by atoms with Crippen molar-refractivity contribution in [1.82, 2.24) is 0 Å². The second-order valence-corrected chi connectivity index (χ2v) is 2.88. The van der Waals surface area contributed by atoms with Crippen molar-refractivity contribution >= 4 is 12.3 Å². The summed E-state index contributed by atoms with van der Waals surface area (Å²) in [5.74, 6) is 0.747. The Balaban J connectivity index is 2.81. The molecule has 4 heteroatoms. The molecule has 1 heterocycles. The molecule has 1 rings (SSSR count). The van der Waals surface area contributed by atoms with Crippen molar-refractivity contribution in [3.05, 3.63) is 23.2 Å². The summed E-state index contributed by atoms with van der Waals surface area (Å²) >= 11 is 0. The van der Waals surface area contributed by atoms with Crippen LogP contribution in [0.2, 0.25) is 0 Å². The number of furan rings is 1. The average Bonchev–Trinajstić information content (AvgIpc) is 2.55. The molecule has 1 aromatic rings. The predicted molar refractivity (Wildman–Crippen MR) is 49.2 cm³/mol. The minimum absolute atomic E-state index is 0.396. The molecule has 14 heavy (non-hydrogen) atoms. The van der Waals surface area contributed by atoms with Crippen LogP contribution in [0, 0.1) is 6.92 Å². The predicted octanol–water partition coefficient (Wildman–Crippen LogP) is 1.51. The van der Waals surface area contributed by atoms with Gasteiger partial charge in [0.25, 0.3) is 0 Å². The first kappa shape index (κ1) is 10.5. The second kappa shape index (κ2) is 4.60. The largest absolute Gasteiger partial charge is 0.465 e. The molecule has 0 aliphatic heterocycles. The van der Waals surface area contributed by atoms with E-state index in [0.717, 1.165) is 6.29 Å². The Kier molecular flexibility index (Phi) is 3.45. The van der Waals surface area contributed by atoms with Crippen LogP contribution in [0.5, 0.6) is 0 Å². The van der Waals surface area contributed by atoms with Gasteiger partial charge < -0.3 is 13.9 Å². The number of methoxy groups -OCH3 is 1. The van der Waals surface area contributed by atoms with E-state index in [0.29, 0.717) is 29.9 Å². The number of carbonyl (C=O) groups is 2. The smallest absolute Gasteiger partial charge is 0.341 e. The van der Waals surface area contributed by atoms with Crippen LogP contribution < -0.4 is 0 Å². The molecular weight excluding hydrogens is 184 g/mol. The van der Waals surface area contributed by atoms with Gasteiger partial charge in [0.1, 0.15) is 23.4 Å². The summed E-state index contributed by atoms with van der Waals surface area (Å²) in [5.41, 5.74) is 0.424. The molecule has 0 saturated carbocycles. The molecule has 0 aliphatic rings. The molecule has 0 saturated heterocycles. The topological polar surface area (TPSA) is 56.5 Å². The molecule has 0 N–H and O–H groups in total. The highest BCUT2D eigenvalue weighted by atomic mass is 16.5. The van der Waals surface area contributed by atoms with E-state index in [4.69, 9.17) is 4.42 Å². The van der Waals surface area contributed by atoms with Crippen LogP contribution in [0.1, 0.15) is 28.3 Å². The van der Waals surface area contributed by atoms with Crippen LogP contribution in [-0.2, 0) is 16.0 Å². The fraction of sp³-hybridized carbons (Fsp3) is 0.400. The molecule has 0 aromatic carbocycles. The van der Waals surface area contributed by atoms with E-state index in [2.05, 4.69) is 4.74 Å². The molecular formula is C10H12O4. The Bertz CT molecular complexity index is 338. The number of esters is 1. The zero-order valence-corrected chi connectivity index (χ0v) is 8.20. The van der Waals surface area contributed by atoms with Gasteiger partial charge in [-0.25, -0.2) is 4.79 Å². The summed E-state index contributed by atoms with van der Waals surface area (Å²) in [5, 5.41) is 0. The van der Waals surface area contributed by atoms with Gasteiger partial charge in [-0.1, -0.05) is 0 Å². The summed E-state index contributed by atoms with van der Waals surface area (Å²) in [6.07, 6.45) is 1.73. The lowest BCUT2D eigenvalue weighted by Gasteiger charge is -1.93. The maximum absolute atomic E-state index is 11.2. The van der Waals surface area contributed by atoms with Gasteiger partial charge in [-0.05, 0) is 13.0 Å². The second-order valence-electron chi connectivity index (χ2n) is 2.88. The maximum atomic E-state index is 11.2. The summed E-state index contributed by atoms with van der Waals surface area (Å²) in [4.78, 5) is 21.3. The van der Waals surface area contributed by atoms with Gasteiger partial charge in [0.15, 0.2) is 0 Å². The highest BCUT2D eigenvalue weighted by Gasteiger charge is 2.14. The van der Waals surface area contributed by atoms with E-state index in [-0.39, 0.29) is 0 Å². The zero-order valence-electron chi connectivity index (χ0n) is 8.20. The van der Waals surface area contributed by atoms with Gasteiger partial charge in [-0.3, -0.25) is 0 Å². The first-order valence-corrected chi connectivity index (χ1v) is 4.30. The van der Waals surface area contributed by atoms with Crippen molar-refractivity contribution in [3.8, 4) is 0 Å². The molecule has 0 amide bonds. The van der Waals surface area contributed by atoms with E-state index in [1.807, 2.05) is 0 Å².